The summed E-state index contributed by atoms with van der Waals surface area (Å²) in [7, 11) is 0. The van der Waals surface area contributed by atoms with E-state index in [1.165, 1.54) is 0 Å². The predicted molar refractivity (Wildman–Crippen MR) is 74.9 cm³/mol. The van der Waals surface area contributed by atoms with Gasteiger partial charge in [0.05, 0.1) is 0 Å². The number of carboxylic acid groups (broad SMARTS) is 1. The molecule has 2 rings (SSSR count). The molecular formula is C14H13ClN2O2. The molecule has 5 heteroatoms. The van der Waals surface area contributed by atoms with Crippen molar-refractivity contribution in [2.45, 2.75) is 6.54 Å². The molecule has 0 spiro atoms. The van der Waals surface area contributed by atoms with Crippen LogP contribution in [0, 0.1) is 0 Å². The van der Waals surface area contributed by atoms with Gasteiger partial charge in [-0.05, 0) is 28.8 Å². The van der Waals surface area contributed by atoms with Crippen LogP contribution in [0.2, 0.25) is 5.02 Å². The summed E-state index contributed by atoms with van der Waals surface area (Å²) in [6, 6.07) is 15.5. The molecule has 0 atom stereocenters. The second kappa shape index (κ2) is 6.22. The van der Waals surface area contributed by atoms with Gasteiger partial charge in [-0.15, -0.1) is 0 Å². The number of benzene rings is 2. The van der Waals surface area contributed by atoms with Crippen molar-refractivity contribution in [2.24, 2.45) is 0 Å². The highest BCUT2D eigenvalue weighted by molar-refractivity contribution is 6.30. The minimum atomic E-state index is -1.10. The maximum Gasteiger partial charge on any atom is 0.419 e. The summed E-state index contributed by atoms with van der Waals surface area (Å²) in [6.07, 6.45) is -1.10. The van der Waals surface area contributed by atoms with Crippen LogP contribution in [0.1, 0.15) is 5.56 Å². The van der Waals surface area contributed by atoms with E-state index in [2.05, 4.69) is 10.9 Å². The predicted octanol–water partition coefficient (Wildman–Crippen LogP) is 3.28. The van der Waals surface area contributed by atoms with Gasteiger partial charge in [-0.25, -0.2) is 10.2 Å². The fourth-order valence-electron chi connectivity index (χ4n) is 1.70. The molecule has 0 saturated heterocycles. The molecule has 19 heavy (non-hydrogen) atoms. The van der Waals surface area contributed by atoms with Gasteiger partial charge in [-0.1, -0.05) is 48.0 Å². The highest BCUT2D eigenvalue weighted by Gasteiger charge is 1.99. The van der Waals surface area contributed by atoms with E-state index >= 15 is 0 Å². The summed E-state index contributed by atoms with van der Waals surface area (Å²) in [5.41, 5.74) is 7.80. The molecule has 3 N–H and O–H groups in total. The second-order valence-electron chi connectivity index (χ2n) is 3.99. The van der Waals surface area contributed by atoms with Crippen LogP contribution in [-0.2, 0) is 6.54 Å². The van der Waals surface area contributed by atoms with E-state index < -0.39 is 6.09 Å². The second-order valence-corrected chi connectivity index (χ2v) is 4.43. The van der Waals surface area contributed by atoms with Crippen molar-refractivity contribution >= 4 is 17.7 Å². The van der Waals surface area contributed by atoms with Gasteiger partial charge in [0, 0.05) is 11.6 Å². The maximum absolute atomic E-state index is 10.3. The van der Waals surface area contributed by atoms with Crippen LogP contribution in [0.5, 0.6) is 0 Å². The molecular weight excluding hydrogens is 264 g/mol. The lowest BCUT2D eigenvalue weighted by Gasteiger charge is -2.06. The fourth-order valence-corrected chi connectivity index (χ4v) is 1.90. The largest absolute Gasteiger partial charge is 0.464 e. The Morgan fingerprint density at radius 2 is 1.84 bits per heavy atom. The third kappa shape index (κ3) is 3.98. The smallest absolute Gasteiger partial charge is 0.419 e. The first-order valence-corrected chi connectivity index (χ1v) is 6.09. The van der Waals surface area contributed by atoms with Crippen LogP contribution in [0.3, 0.4) is 0 Å². The summed E-state index contributed by atoms with van der Waals surface area (Å²) >= 11 is 5.95. The van der Waals surface area contributed by atoms with Crippen LogP contribution in [-0.4, -0.2) is 11.2 Å². The first-order valence-electron chi connectivity index (χ1n) is 5.72. The first-order chi connectivity index (χ1) is 9.15. The van der Waals surface area contributed by atoms with Crippen molar-refractivity contribution in [3.63, 3.8) is 0 Å². The Morgan fingerprint density at radius 1 is 1.11 bits per heavy atom. The lowest BCUT2D eigenvalue weighted by atomic mass is 10.0. The van der Waals surface area contributed by atoms with Gasteiger partial charge in [-0.2, -0.15) is 0 Å². The maximum atomic E-state index is 10.3. The number of rotatable bonds is 4. The third-order valence-electron chi connectivity index (χ3n) is 2.60. The number of hydrogen-bond acceptors (Lipinski definition) is 2. The molecule has 98 valence electrons. The minimum absolute atomic E-state index is 0.433. The Bertz CT molecular complexity index is 570. The molecule has 0 heterocycles. The molecule has 2 aromatic carbocycles. The average molecular weight is 277 g/mol. The van der Waals surface area contributed by atoms with E-state index in [4.69, 9.17) is 16.7 Å². The van der Waals surface area contributed by atoms with Crippen molar-refractivity contribution in [2.75, 3.05) is 0 Å². The van der Waals surface area contributed by atoms with Crippen LogP contribution in [0.25, 0.3) is 11.1 Å². The van der Waals surface area contributed by atoms with Crippen molar-refractivity contribution in [1.82, 2.24) is 10.9 Å². The zero-order valence-corrected chi connectivity index (χ0v) is 10.8. The average Bonchev–Trinajstić information content (AvgIpc) is 2.39. The minimum Gasteiger partial charge on any atom is -0.464 e. The van der Waals surface area contributed by atoms with Crippen molar-refractivity contribution in [1.29, 1.82) is 0 Å². The first kappa shape index (κ1) is 13.4. The molecule has 2 aromatic rings. The highest BCUT2D eigenvalue weighted by Crippen LogP contribution is 2.22. The van der Waals surface area contributed by atoms with Gasteiger partial charge in [0.15, 0.2) is 0 Å². The Labute approximate surface area is 116 Å². The van der Waals surface area contributed by atoms with Crippen molar-refractivity contribution in [3.8, 4) is 11.1 Å². The molecule has 0 aliphatic rings. The van der Waals surface area contributed by atoms with E-state index in [1.54, 1.807) is 0 Å². The topological polar surface area (TPSA) is 61.4 Å². The van der Waals surface area contributed by atoms with E-state index in [0.717, 1.165) is 16.7 Å². The number of nitrogens with one attached hydrogen (secondary N) is 2. The van der Waals surface area contributed by atoms with E-state index in [0.29, 0.717) is 11.6 Å². The Hall–Kier alpha value is -2.04. The zero-order chi connectivity index (χ0) is 13.7. The van der Waals surface area contributed by atoms with Gasteiger partial charge >= 0.3 is 6.09 Å². The number of hydrazine groups is 1. The molecule has 1 amide bonds. The monoisotopic (exact) mass is 276 g/mol. The molecule has 0 radical (unpaired) electrons. The van der Waals surface area contributed by atoms with Gasteiger partial charge in [0.2, 0.25) is 0 Å². The normalized spacial score (nSPS) is 10.2. The Kier molecular flexibility index (Phi) is 4.39. The number of halogens is 1. The third-order valence-corrected chi connectivity index (χ3v) is 2.83. The van der Waals surface area contributed by atoms with Crippen LogP contribution in [0.4, 0.5) is 4.79 Å². The van der Waals surface area contributed by atoms with Crippen molar-refractivity contribution in [3.05, 3.63) is 59.1 Å². The number of hydrogen-bond donors (Lipinski definition) is 3. The molecule has 0 aromatic heterocycles. The van der Waals surface area contributed by atoms with Gasteiger partial charge in [0.1, 0.15) is 0 Å². The van der Waals surface area contributed by atoms with Crippen LogP contribution in [0.15, 0.2) is 48.5 Å². The van der Waals surface area contributed by atoms with Crippen LogP contribution >= 0.6 is 11.6 Å². The molecule has 4 nitrogen and oxygen atoms in total. The fraction of sp³-hybridized carbons (Fsp3) is 0.0714. The van der Waals surface area contributed by atoms with E-state index in [1.807, 2.05) is 48.5 Å². The standard InChI is InChI=1S/C14H13ClN2O2/c15-13-3-1-2-12(8-13)11-6-4-10(5-7-11)9-16-17-14(18)19/h1-8,16-17H,9H2,(H,18,19). The molecule has 0 fully saturated rings. The number of amides is 1. The summed E-state index contributed by atoms with van der Waals surface area (Å²) < 4.78 is 0. The van der Waals surface area contributed by atoms with Gasteiger partial charge in [0.25, 0.3) is 0 Å². The van der Waals surface area contributed by atoms with Crippen LogP contribution < -0.4 is 10.9 Å². The number of carbonyl (C=O) groups is 1. The molecule has 0 bridgehead atoms. The summed E-state index contributed by atoms with van der Waals surface area (Å²) in [6.45, 7) is 0.433. The summed E-state index contributed by atoms with van der Waals surface area (Å²) in [5.74, 6) is 0. The molecule has 0 unspecified atom stereocenters. The zero-order valence-electron chi connectivity index (χ0n) is 10.1. The van der Waals surface area contributed by atoms with E-state index in [-0.39, 0.29) is 0 Å². The van der Waals surface area contributed by atoms with Gasteiger partial charge in [-0.3, -0.25) is 5.43 Å². The summed E-state index contributed by atoms with van der Waals surface area (Å²) in [5, 5.41) is 9.13. The van der Waals surface area contributed by atoms with E-state index in [9.17, 15) is 4.79 Å². The molecule has 0 saturated carbocycles. The Morgan fingerprint density at radius 3 is 2.47 bits per heavy atom. The molecule has 0 aliphatic heterocycles. The lowest BCUT2D eigenvalue weighted by molar-refractivity contribution is 0.189. The molecule has 0 aliphatic carbocycles. The summed E-state index contributed by atoms with van der Waals surface area (Å²) in [4.78, 5) is 10.3. The quantitative estimate of drug-likeness (QED) is 0.751. The lowest BCUT2D eigenvalue weighted by Crippen LogP contribution is -2.35. The van der Waals surface area contributed by atoms with Crippen molar-refractivity contribution < 1.29 is 9.90 Å². The SMILES string of the molecule is O=C(O)NNCc1ccc(-c2cccc(Cl)c2)cc1. The highest BCUT2D eigenvalue weighted by atomic mass is 35.5. The Balaban J connectivity index is 2.04. The van der Waals surface area contributed by atoms with Gasteiger partial charge < -0.3 is 5.11 Å².